The summed E-state index contributed by atoms with van der Waals surface area (Å²) in [6.07, 6.45) is 5.66. The standard InChI is InChI=1S/C16H14N2/c1-12(13-5-8-17-9-6-13)14-3-4-16-15(11-14)7-10-18(16)2/h3-11H,1H2,2H3. The number of fused-ring (bicyclic) bond motifs is 1. The quantitative estimate of drug-likeness (QED) is 0.662. The summed E-state index contributed by atoms with van der Waals surface area (Å²) in [5, 5.41) is 1.24. The van der Waals surface area contributed by atoms with Crippen molar-refractivity contribution in [1.29, 1.82) is 0 Å². The van der Waals surface area contributed by atoms with Crippen molar-refractivity contribution in [3.8, 4) is 0 Å². The van der Waals surface area contributed by atoms with Crippen molar-refractivity contribution in [1.82, 2.24) is 9.55 Å². The summed E-state index contributed by atoms with van der Waals surface area (Å²) in [5.74, 6) is 0. The molecular formula is C16H14N2. The second-order valence-electron chi connectivity index (χ2n) is 4.41. The highest BCUT2D eigenvalue weighted by Crippen LogP contribution is 2.25. The van der Waals surface area contributed by atoms with Gasteiger partial charge in [-0.2, -0.15) is 0 Å². The third-order valence-corrected chi connectivity index (χ3v) is 3.26. The Kier molecular flexibility index (Phi) is 2.49. The molecule has 88 valence electrons. The lowest BCUT2D eigenvalue weighted by Crippen LogP contribution is -1.88. The first-order valence-electron chi connectivity index (χ1n) is 5.90. The van der Waals surface area contributed by atoms with E-state index in [-0.39, 0.29) is 0 Å². The van der Waals surface area contributed by atoms with E-state index in [1.807, 2.05) is 12.1 Å². The maximum absolute atomic E-state index is 4.17. The van der Waals surface area contributed by atoms with E-state index >= 15 is 0 Å². The summed E-state index contributed by atoms with van der Waals surface area (Å²) >= 11 is 0. The molecule has 0 radical (unpaired) electrons. The van der Waals surface area contributed by atoms with Crippen molar-refractivity contribution < 1.29 is 0 Å². The van der Waals surface area contributed by atoms with Crippen LogP contribution in [-0.4, -0.2) is 9.55 Å². The fraction of sp³-hybridized carbons (Fsp3) is 0.0625. The van der Waals surface area contributed by atoms with Gasteiger partial charge in [0.05, 0.1) is 0 Å². The normalized spacial score (nSPS) is 10.7. The van der Waals surface area contributed by atoms with Gasteiger partial charge in [0.1, 0.15) is 0 Å². The molecule has 0 aliphatic rings. The monoisotopic (exact) mass is 234 g/mol. The van der Waals surface area contributed by atoms with E-state index in [0.717, 1.165) is 16.7 Å². The van der Waals surface area contributed by atoms with E-state index in [4.69, 9.17) is 0 Å². The number of nitrogens with zero attached hydrogens (tertiary/aromatic N) is 2. The lowest BCUT2D eigenvalue weighted by Gasteiger charge is -2.06. The molecule has 0 amide bonds. The van der Waals surface area contributed by atoms with Crippen LogP contribution in [0.25, 0.3) is 16.5 Å². The van der Waals surface area contributed by atoms with Gasteiger partial charge in [0.2, 0.25) is 0 Å². The molecule has 0 saturated carbocycles. The van der Waals surface area contributed by atoms with Gasteiger partial charge in [0.25, 0.3) is 0 Å². The molecule has 0 N–H and O–H groups in total. The maximum Gasteiger partial charge on any atom is 0.0478 e. The average Bonchev–Trinajstić information content (AvgIpc) is 2.80. The van der Waals surface area contributed by atoms with Gasteiger partial charge < -0.3 is 4.57 Å². The Bertz CT molecular complexity index is 708. The van der Waals surface area contributed by atoms with Gasteiger partial charge in [-0.25, -0.2) is 0 Å². The van der Waals surface area contributed by atoms with Crippen LogP contribution in [0.15, 0.2) is 61.6 Å². The number of aryl methyl sites for hydroxylation is 1. The summed E-state index contributed by atoms with van der Waals surface area (Å²) in [4.78, 5) is 4.03. The van der Waals surface area contributed by atoms with E-state index in [1.165, 1.54) is 10.9 Å². The van der Waals surface area contributed by atoms with Gasteiger partial charge in [-0.3, -0.25) is 4.98 Å². The van der Waals surface area contributed by atoms with Crippen molar-refractivity contribution in [3.63, 3.8) is 0 Å². The first-order chi connectivity index (χ1) is 8.75. The molecule has 3 aromatic rings. The molecular weight excluding hydrogens is 220 g/mol. The van der Waals surface area contributed by atoms with Crippen molar-refractivity contribution >= 4 is 16.5 Å². The van der Waals surface area contributed by atoms with Crippen molar-refractivity contribution in [2.24, 2.45) is 7.05 Å². The first kappa shape index (κ1) is 10.8. The van der Waals surface area contributed by atoms with Gasteiger partial charge in [-0.15, -0.1) is 0 Å². The molecule has 2 aromatic heterocycles. The zero-order valence-electron chi connectivity index (χ0n) is 10.3. The van der Waals surface area contributed by atoms with Crippen LogP contribution < -0.4 is 0 Å². The molecule has 0 bridgehead atoms. The summed E-state index contributed by atoms with van der Waals surface area (Å²) in [7, 11) is 2.06. The summed E-state index contributed by atoms with van der Waals surface area (Å²) < 4.78 is 2.12. The molecule has 0 unspecified atom stereocenters. The largest absolute Gasteiger partial charge is 0.351 e. The second kappa shape index (κ2) is 4.15. The third-order valence-electron chi connectivity index (χ3n) is 3.26. The van der Waals surface area contributed by atoms with Gasteiger partial charge in [-0.05, 0) is 47.0 Å². The van der Waals surface area contributed by atoms with E-state index < -0.39 is 0 Å². The number of hydrogen-bond donors (Lipinski definition) is 0. The summed E-state index contributed by atoms with van der Waals surface area (Å²) in [6.45, 7) is 4.17. The number of aromatic nitrogens is 2. The van der Waals surface area contributed by atoms with Crippen LogP contribution >= 0.6 is 0 Å². The lowest BCUT2D eigenvalue weighted by atomic mass is 9.99. The Morgan fingerprint density at radius 2 is 1.83 bits per heavy atom. The van der Waals surface area contributed by atoms with Crippen molar-refractivity contribution in [2.75, 3.05) is 0 Å². The van der Waals surface area contributed by atoms with Crippen LogP contribution in [0.3, 0.4) is 0 Å². The average molecular weight is 234 g/mol. The first-order valence-corrected chi connectivity index (χ1v) is 5.90. The predicted molar refractivity (Wildman–Crippen MR) is 75.3 cm³/mol. The Morgan fingerprint density at radius 1 is 1.06 bits per heavy atom. The Morgan fingerprint density at radius 3 is 2.61 bits per heavy atom. The molecule has 1 aromatic carbocycles. The molecule has 18 heavy (non-hydrogen) atoms. The minimum absolute atomic E-state index is 1.03. The minimum Gasteiger partial charge on any atom is -0.351 e. The topological polar surface area (TPSA) is 17.8 Å². The van der Waals surface area contributed by atoms with E-state index in [9.17, 15) is 0 Å². The molecule has 2 heterocycles. The summed E-state index contributed by atoms with van der Waals surface area (Å²) in [6, 6.07) is 12.5. The van der Waals surface area contributed by atoms with Crippen LogP contribution in [-0.2, 0) is 7.05 Å². The Hall–Kier alpha value is -2.35. The van der Waals surface area contributed by atoms with Gasteiger partial charge in [0.15, 0.2) is 0 Å². The van der Waals surface area contributed by atoms with Crippen LogP contribution in [0.2, 0.25) is 0 Å². The van der Waals surface area contributed by atoms with Crippen LogP contribution in [0.5, 0.6) is 0 Å². The van der Waals surface area contributed by atoms with E-state index in [0.29, 0.717) is 0 Å². The summed E-state index contributed by atoms with van der Waals surface area (Å²) in [5.41, 5.74) is 4.53. The zero-order chi connectivity index (χ0) is 12.5. The Labute approximate surface area is 106 Å². The molecule has 0 spiro atoms. The highest BCUT2D eigenvalue weighted by molar-refractivity contribution is 5.87. The molecule has 2 nitrogen and oxygen atoms in total. The SMILES string of the molecule is C=C(c1ccncc1)c1ccc2c(ccn2C)c1. The fourth-order valence-electron chi connectivity index (χ4n) is 2.19. The van der Waals surface area contributed by atoms with Gasteiger partial charge >= 0.3 is 0 Å². The zero-order valence-corrected chi connectivity index (χ0v) is 10.3. The fourth-order valence-corrected chi connectivity index (χ4v) is 2.19. The number of rotatable bonds is 2. The van der Waals surface area contributed by atoms with E-state index in [2.05, 4.69) is 53.6 Å². The lowest BCUT2D eigenvalue weighted by molar-refractivity contribution is 0.969. The highest BCUT2D eigenvalue weighted by Gasteiger charge is 2.04. The van der Waals surface area contributed by atoms with Crippen LogP contribution in [0, 0.1) is 0 Å². The molecule has 2 heteroatoms. The third kappa shape index (κ3) is 1.72. The molecule has 0 atom stereocenters. The maximum atomic E-state index is 4.17. The number of pyridine rings is 1. The van der Waals surface area contributed by atoms with Gasteiger partial charge in [0, 0.05) is 36.5 Å². The van der Waals surface area contributed by atoms with Crippen LogP contribution in [0.1, 0.15) is 11.1 Å². The van der Waals surface area contributed by atoms with Gasteiger partial charge in [-0.1, -0.05) is 12.6 Å². The highest BCUT2D eigenvalue weighted by atomic mass is 14.9. The molecule has 0 fully saturated rings. The van der Waals surface area contributed by atoms with E-state index in [1.54, 1.807) is 12.4 Å². The van der Waals surface area contributed by atoms with Crippen molar-refractivity contribution in [3.05, 3.63) is 72.7 Å². The second-order valence-corrected chi connectivity index (χ2v) is 4.41. The number of benzene rings is 1. The molecule has 0 aliphatic heterocycles. The smallest absolute Gasteiger partial charge is 0.0478 e. The predicted octanol–water partition coefficient (Wildman–Crippen LogP) is 3.63. The Balaban J connectivity index is 2.07. The number of hydrogen-bond acceptors (Lipinski definition) is 1. The van der Waals surface area contributed by atoms with Crippen LogP contribution in [0.4, 0.5) is 0 Å². The minimum atomic E-state index is 1.03. The van der Waals surface area contributed by atoms with Crippen molar-refractivity contribution in [2.45, 2.75) is 0 Å². The molecule has 0 aliphatic carbocycles. The molecule has 3 rings (SSSR count). The molecule has 0 saturated heterocycles.